The predicted octanol–water partition coefficient (Wildman–Crippen LogP) is 6.77. The maximum Gasteiger partial charge on any atom is 2.00 e. The number of hydrogen-bond acceptors (Lipinski definition) is 8. The van der Waals surface area contributed by atoms with Crippen LogP contribution in [0.1, 0.15) is 142 Å². The van der Waals surface area contributed by atoms with Gasteiger partial charge in [0.25, 0.3) is 0 Å². The molecule has 0 aliphatic carbocycles. The summed E-state index contributed by atoms with van der Waals surface area (Å²) < 4.78 is 68.9. The molecule has 0 unspecified atom stereocenters. The Kier molecular flexibility index (Phi) is 32.7. The van der Waals surface area contributed by atoms with Crippen molar-refractivity contribution in [3.8, 4) is 0 Å². The van der Waals surface area contributed by atoms with Gasteiger partial charge in [0.1, 0.15) is 0 Å². The second-order valence-corrected chi connectivity index (χ2v) is 10.9. The zero-order chi connectivity index (χ0) is 26.0. The van der Waals surface area contributed by atoms with E-state index >= 15 is 0 Å². The average Bonchev–Trinajstić information content (AvgIpc) is 2.75. The zero-order valence-electron chi connectivity index (χ0n) is 22.0. The van der Waals surface area contributed by atoms with Gasteiger partial charge in [-0.15, -0.1) is 0 Å². The molecule has 0 fully saturated rings. The smallest absolute Gasteiger partial charge is 0.726 e. The van der Waals surface area contributed by atoms with Gasteiger partial charge in [0.15, 0.2) is 0 Å². The normalized spacial score (nSPS) is 11.5. The van der Waals surface area contributed by atoms with Gasteiger partial charge in [0.05, 0.1) is 13.2 Å². The third kappa shape index (κ3) is 44.6. The van der Waals surface area contributed by atoms with Crippen molar-refractivity contribution in [3.05, 3.63) is 0 Å². The van der Waals surface area contributed by atoms with E-state index in [4.69, 9.17) is 0 Å². The molecule has 0 saturated carbocycles. The largest absolute Gasteiger partial charge is 2.00 e. The van der Waals surface area contributed by atoms with Crippen molar-refractivity contribution in [1.29, 1.82) is 0 Å². The van der Waals surface area contributed by atoms with E-state index in [0.29, 0.717) is 12.8 Å². The average molecular weight is 589 g/mol. The Morgan fingerprint density at radius 1 is 0.429 bits per heavy atom. The Balaban J connectivity index is -0.000000569. The van der Waals surface area contributed by atoms with E-state index in [9.17, 15) is 25.9 Å². The van der Waals surface area contributed by atoms with Gasteiger partial charge in [0.2, 0.25) is 20.8 Å². The molecule has 0 bridgehead atoms. The number of unbranched alkanes of at least 4 members (excludes halogenated alkanes) is 18. The van der Waals surface area contributed by atoms with Crippen LogP contribution in [-0.2, 0) is 45.7 Å². The Bertz CT molecular complexity index is 559. The van der Waals surface area contributed by atoms with Crippen molar-refractivity contribution < 1.29 is 50.8 Å². The van der Waals surface area contributed by atoms with Crippen LogP contribution in [0.15, 0.2) is 0 Å². The number of hydrogen-bond donors (Lipinski definition) is 0. The molecule has 0 aliphatic heterocycles. The summed E-state index contributed by atoms with van der Waals surface area (Å²) in [5, 5.41) is 0. The Hall–Kier alpha value is 0.234. The van der Waals surface area contributed by atoms with Crippen LogP contribution in [0.5, 0.6) is 0 Å². The molecule has 0 radical (unpaired) electrons. The molecule has 0 aromatic heterocycles. The summed E-state index contributed by atoms with van der Waals surface area (Å²) in [4.78, 5) is 0. The SMILES string of the molecule is CCCCCCCCCCCCOS(=O)(=O)[O-].CCCCCCCCCCCCOS(=O)(=O)[O-].[Ni+2]. The Labute approximate surface area is 226 Å². The fourth-order valence-corrected chi connectivity index (χ4v) is 4.14. The van der Waals surface area contributed by atoms with E-state index < -0.39 is 20.8 Å². The van der Waals surface area contributed by atoms with Gasteiger partial charge in [-0.3, -0.25) is 8.37 Å². The van der Waals surface area contributed by atoms with Gasteiger partial charge in [-0.05, 0) is 12.8 Å². The Morgan fingerprint density at radius 3 is 0.829 bits per heavy atom. The molecule has 11 heteroatoms. The van der Waals surface area contributed by atoms with Crippen LogP contribution in [0.2, 0.25) is 0 Å². The van der Waals surface area contributed by atoms with Crippen molar-refractivity contribution in [2.75, 3.05) is 13.2 Å². The van der Waals surface area contributed by atoms with Gasteiger partial charge in [-0.1, -0.05) is 129 Å². The van der Waals surface area contributed by atoms with E-state index in [1.165, 1.54) is 89.9 Å². The fraction of sp³-hybridized carbons (Fsp3) is 1.00. The summed E-state index contributed by atoms with van der Waals surface area (Å²) in [6, 6.07) is 0. The van der Waals surface area contributed by atoms with Crippen LogP contribution in [0, 0.1) is 0 Å². The predicted molar refractivity (Wildman–Crippen MR) is 135 cm³/mol. The van der Waals surface area contributed by atoms with Gasteiger partial charge >= 0.3 is 16.5 Å². The maximum absolute atomic E-state index is 10.1. The van der Waals surface area contributed by atoms with Crippen molar-refractivity contribution in [2.45, 2.75) is 142 Å². The monoisotopic (exact) mass is 588 g/mol. The molecule has 0 atom stereocenters. The molecular weight excluding hydrogens is 539 g/mol. The van der Waals surface area contributed by atoms with Gasteiger partial charge in [-0.25, -0.2) is 16.8 Å². The van der Waals surface area contributed by atoms with Crippen LogP contribution in [0.4, 0.5) is 0 Å². The van der Waals surface area contributed by atoms with Crippen LogP contribution >= 0.6 is 0 Å². The molecule has 0 aliphatic rings. The first kappa shape index (κ1) is 39.7. The fourth-order valence-electron chi connectivity index (χ4n) is 3.50. The number of rotatable bonds is 24. The summed E-state index contributed by atoms with van der Waals surface area (Å²) in [6.45, 7) is 4.49. The van der Waals surface area contributed by atoms with Crippen molar-refractivity contribution in [2.24, 2.45) is 0 Å². The zero-order valence-corrected chi connectivity index (χ0v) is 24.6. The van der Waals surface area contributed by atoms with E-state index in [1.807, 2.05) is 0 Å². The first-order chi connectivity index (χ1) is 16.1. The summed E-state index contributed by atoms with van der Waals surface area (Å²) in [6.07, 6.45) is 23.4. The van der Waals surface area contributed by atoms with Crippen molar-refractivity contribution in [1.82, 2.24) is 0 Å². The van der Waals surface area contributed by atoms with Crippen molar-refractivity contribution in [3.63, 3.8) is 0 Å². The molecule has 8 nitrogen and oxygen atoms in total. The van der Waals surface area contributed by atoms with E-state index in [0.717, 1.165) is 25.7 Å². The molecule has 0 N–H and O–H groups in total. The third-order valence-electron chi connectivity index (χ3n) is 5.45. The second kappa shape index (κ2) is 28.8. The molecule has 0 amide bonds. The van der Waals surface area contributed by atoms with E-state index in [-0.39, 0.29) is 29.7 Å². The van der Waals surface area contributed by atoms with Gasteiger partial charge in [0, 0.05) is 0 Å². The molecule has 0 saturated heterocycles. The standard InChI is InChI=1S/2C12H26O4S.Ni/c2*1-2-3-4-5-6-7-8-9-10-11-12-16-17(13,14)15;/h2*2-12H2,1H3,(H,13,14,15);/q;;+2/p-2. The minimum atomic E-state index is -4.48. The summed E-state index contributed by atoms with van der Waals surface area (Å²) in [5.41, 5.74) is 0. The minimum Gasteiger partial charge on any atom is -0.726 e. The van der Waals surface area contributed by atoms with Gasteiger partial charge < -0.3 is 9.11 Å². The Morgan fingerprint density at radius 2 is 0.629 bits per heavy atom. The van der Waals surface area contributed by atoms with Crippen LogP contribution in [0.3, 0.4) is 0 Å². The van der Waals surface area contributed by atoms with Crippen molar-refractivity contribution >= 4 is 20.8 Å². The molecule has 0 spiro atoms. The summed E-state index contributed by atoms with van der Waals surface area (Å²) in [5.74, 6) is 0. The van der Waals surface area contributed by atoms with Crippen LogP contribution in [-0.4, -0.2) is 39.2 Å². The first-order valence-corrected chi connectivity index (χ1v) is 16.0. The molecule has 0 rings (SSSR count). The van der Waals surface area contributed by atoms with Crippen LogP contribution in [0.25, 0.3) is 0 Å². The van der Waals surface area contributed by atoms with Crippen LogP contribution < -0.4 is 0 Å². The topological polar surface area (TPSA) is 133 Å². The quantitative estimate of drug-likeness (QED) is 0.0522. The molecular formula is C24H50NiO8S2. The maximum atomic E-state index is 10.1. The molecule has 0 heterocycles. The van der Waals surface area contributed by atoms with E-state index in [1.54, 1.807) is 0 Å². The first-order valence-electron chi connectivity index (χ1n) is 13.3. The summed E-state index contributed by atoms with van der Waals surface area (Å²) >= 11 is 0. The molecule has 0 aromatic rings. The van der Waals surface area contributed by atoms with E-state index in [2.05, 4.69) is 22.2 Å². The second-order valence-electron chi connectivity index (χ2n) is 8.82. The third-order valence-corrected chi connectivity index (χ3v) is 6.36. The minimum absolute atomic E-state index is 0. The molecule has 216 valence electrons. The van der Waals surface area contributed by atoms with Gasteiger partial charge in [-0.2, -0.15) is 0 Å². The molecule has 35 heavy (non-hydrogen) atoms. The molecule has 0 aromatic carbocycles. The summed E-state index contributed by atoms with van der Waals surface area (Å²) in [7, 11) is -8.97.